The van der Waals surface area contributed by atoms with Crippen LogP contribution in [0.25, 0.3) is 0 Å². The summed E-state index contributed by atoms with van der Waals surface area (Å²) in [5.41, 5.74) is 12.6. The van der Waals surface area contributed by atoms with Gasteiger partial charge in [-0.3, -0.25) is 4.79 Å². The van der Waals surface area contributed by atoms with Crippen molar-refractivity contribution in [3.63, 3.8) is 0 Å². The smallest absolute Gasteiger partial charge is 0.224 e. The fourth-order valence-corrected chi connectivity index (χ4v) is 4.48. The lowest BCUT2D eigenvalue weighted by Crippen LogP contribution is -2.44. The van der Waals surface area contributed by atoms with Crippen molar-refractivity contribution in [3.05, 3.63) is 23.8 Å². The highest BCUT2D eigenvalue weighted by Gasteiger charge is 2.28. The van der Waals surface area contributed by atoms with Crippen molar-refractivity contribution in [3.8, 4) is 11.5 Å². The van der Waals surface area contributed by atoms with Gasteiger partial charge in [0.1, 0.15) is 0 Å². The van der Waals surface area contributed by atoms with Crippen molar-refractivity contribution in [1.82, 2.24) is 5.32 Å². The molecular weight excluding hydrogens is 482 g/mol. The molecule has 0 radical (unpaired) electrons. The summed E-state index contributed by atoms with van der Waals surface area (Å²) < 4.78 is 16.6. The number of hydrogen-bond acceptors (Lipinski definition) is 7. The number of aliphatic hydroxyl groups excluding tert-OH is 1. The summed E-state index contributed by atoms with van der Waals surface area (Å²) >= 11 is 0. The molecule has 0 saturated carbocycles. The lowest BCUT2D eigenvalue weighted by Gasteiger charge is -2.31. The van der Waals surface area contributed by atoms with Gasteiger partial charge in [0.15, 0.2) is 11.5 Å². The van der Waals surface area contributed by atoms with E-state index in [1.807, 2.05) is 19.9 Å². The predicted molar refractivity (Wildman–Crippen MR) is 154 cm³/mol. The van der Waals surface area contributed by atoms with Gasteiger partial charge in [0.05, 0.1) is 25.2 Å². The summed E-state index contributed by atoms with van der Waals surface area (Å²) in [7, 11) is 3.33. The lowest BCUT2D eigenvalue weighted by atomic mass is 9.81. The molecule has 1 aromatic carbocycles. The second-order valence-electron chi connectivity index (χ2n) is 12.0. The number of carbonyl (C=O) groups is 1. The van der Waals surface area contributed by atoms with Crippen LogP contribution in [-0.4, -0.2) is 63.7 Å². The fraction of sp³-hybridized carbons (Fsp3) is 0.767. The maximum atomic E-state index is 11.6. The van der Waals surface area contributed by atoms with E-state index in [0.29, 0.717) is 56.2 Å². The second-order valence-corrected chi connectivity index (χ2v) is 12.0. The zero-order valence-electron chi connectivity index (χ0n) is 25.1. The molecule has 0 saturated heterocycles. The van der Waals surface area contributed by atoms with E-state index in [0.717, 1.165) is 30.6 Å². The summed E-state index contributed by atoms with van der Waals surface area (Å²) in [6.45, 7) is 14.8. The molecule has 0 aliphatic heterocycles. The topological polar surface area (TPSA) is 129 Å². The Morgan fingerprint density at radius 1 is 1.03 bits per heavy atom. The van der Waals surface area contributed by atoms with Gasteiger partial charge in [-0.05, 0) is 81.0 Å². The third-order valence-electron chi connectivity index (χ3n) is 7.62. The molecule has 8 nitrogen and oxygen atoms in total. The molecule has 0 aliphatic rings. The second kappa shape index (κ2) is 17.0. The minimum Gasteiger partial charge on any atom is -0.493 e. The average Bonchev–Trinajstić information content (AvgIpc) is 2.85. The van der Waals surface area contributed by atoms with Crippen molar-refractivity contribution >= 4 is 5.91 Å². The van der Waals surface area contributed by atoms with Gasteiger partial charge in [-0.1, -0.05) is 33.8 Å². The third kappa shape index (κ3) is 11.9. The van der Waals surface area contributed by atoms with Crippen LogP contribution in [0, 0.1) is 29.1 Å². The van der Waals surface area contributed by atoms with Crippen LogP contribution in [0.3, 0.4) is 0 Å². The molecule has 1 rings (SSSR count). The minimum absolute atomic E-state index is 0.233. The highest BCUT2D eigenvalue weighted by atomic mass is 16.5. The van der Waals surface area contributed by atoms with E-state index >= 15 is 0 Å². The monoisotopic (exact) mass is 537 g/mol. The van der Waals surface area contributed by atoms with E-state index in [1.54, 1.807) is 14.2 Å². The highest BCUT2D eigenvalue weighted by Crippen LogP contribution is 2.31. The molecule has 0 spiro atoms. The molecule has 8 heteroatoms. The number of rotatable bonds is 20. The van der Waals surface area contributed by atoms with Gasteiger partial charge in [-0.2, -0.15) is 0 Å². The summed E-state index contributed by atoms with van der Waals surface area (Å²) in [6.07, 6.45) is 2.37. The van der Waals surface area contributed by atoms with E-state index in [2.05, 4.69) is 45.1 Å². The fourth-order valence-electron chi connectivity index (χ4n) is 4.48. The SMILES string of the molecule is COCCCOc1cc(C[C@@H](C[C@H](N)[C@@H](O)C[C@H](CNCC(C)(C)C(N)=O)C(C)C)C(C)C)ccc1OC. The van der Waals surface area contributed by atoms with Crippen LogP contribution in [0.15, 0.2) is 18.2 Å². The Morgan fingerprint density at radius 2 is 1.68 bits per heavy atom. The first kappa shape index (κ1) is 34.2. The Balaban J connectivity index is 2.79. The van der Waals surface area contributed by atoms with Crippen LogP contribution in [0.4, 0.5) is 0 Å². The van der Waals surface area contributed by atoms with Crippen molar-refractivity contribution in [2.75, 3.05) is 40.5 Å². The zero-order chi connectivity index (χ0) is 28.9. The van der Waals surface area contributed by atoms with E-state index in [-0.39, 0.29) is 17.9 Å². The van der Waals surface area contributed by atoms with Crippen molar-refractivity contribution < 1.29 is 24.1 Å². The Bertz CT molecular complexity index is 815. The Labute approximate surface area is 231 Å². The maximum absolute atomic E-state index is 11.6. The predicted octanol–water partition coefficient (Wildman–Crippen LogP) is 3.77. The van der Waals surface area contributed by atoms with Crippen molar-refractivity contribution in [2.45, 2.75) is 79.4 Å². The van der Waals surface area contributed by atoms with Crippen LogP contribution in [-0.2, 0) is 16.0 Å². The zero-order valence-corrected chi connectivity index (χ0v) is 25.1. The molecule has 1 aromatic rings. The van der Waals surface area contributed by atoms with Crippen LogP contribution in [0.2, 0.25) is 0 Å². The molecule has 0 heterocycles. The summed E-state index contributed by atoms with van der Waals surface area (Å²) in [4.78, 5) is 11.6. The molecule has 0 aromatic heterocycles. The molecule has 38 heavy (non-hydrogen) atoms. The largest absolute Gasteiger partial charge is 0.493 e. The quantitative estimate of drug-likeness (QED) is 0.186. The van der Waals surface area contributed by atoms with Gasteiger partial charge in [0, 0.05) is 32.7 Å². The molecule has 220 valence electrons. The summed E-state index contributed by atoms with van der Waals surface area (Å²) in [5.74, 6) is 2.43. The van der Waals surface area contributed by atoms with Crippen molar-refractivity contribution in [2.24, 2.45) is 40.6 Å². The first-order chi connectivity index (χ1) is 17.8. The van der Waals surface area contributed by atoms with Crippen LogP contribution in [0.1, 0.15) is 66.4 Å². The van der Waals surface area contributed by atoms with E-state index in [4.69, 9.17) is 25.7 Å². The highest BCUT2D eigenvalue weighted by molar-refractivity contribution is 5.80. The third-order valence-corrected chi connectivity index (χ3v) is 7.62. The standard InChI is InChI=1S/C30H55N3O5/c1-20(2)23(14-22-10-11-27(37-8)28(15-22)38-13-9-12-36-7)16-25(31)26(34)17-24(21(3)4)18-33-19-30(5,6)29(32)35/h10-11,15,20-21,23-26,33-34H,9,12-14,16-19,31H2,1-8H3,(H2,32,35)/t23-,24+,25-,26-/m0/s1. The molecule has 0 fully saturated rings. The molecular formula is C30H55N3O5. The van der Waals surface area contributed by atoms with Gasteiger partial charge in [0.25, 0.3) is 0 Å². The molecule has 6 N–H and O–H groups in total. The number of nitrogens with two attached hydrogens (primary N) is 2. The summed E-state index contributed by atoms with van der Waals surface area (Å²) in [5, 5.41) is 14.4. The number of benzene rings is 1. The Hall–Kier alpha value is -1.87. The maximum Gasteiger partial charge on any atom is 0.224 e. The lowest BCUT2D eigenvalue weighted by molar-refractivity contribution is -0.125. The Kier molecular flexibility index (Phi) is 15.2. The van der Waals surface area contributed by atoms with E-state index < -0.39 is 11.5 Å². The van der Waals surface area contributed by atoms with E-state index in [1.165, 1.54) is 0 Å². The number of ether oxygens (including phenoxy) is 3. The average molecular weight is 538 g/mol. The number of primary amides is 1. The van der Waals surface area contributed by atoms with Crippen LogP contribution in [0.5, 0.6) is 11.5 Å². The van der Waals surface area contributed by atoms with Crippen LogP contribution < -0.4 is 26.3 Å². The Morgan fingerprint density at radius 3 is 2.24 bits per heavy atom. The molecule has 0 bridgehead atoms. The number of nitrogens with one attached hydrogen (secondary N) is 1. The van der Waals surface area contributed by atoms with Gasteiger partial charge in [-0.15, -0.1) is 0 Å². The minimum atomic E-state index is -0.614. The molecule has 0 aliphatic carbocycles. The molecule has 1 amide bonds. The first-order valence-electron chi connectivity index (χ1n) is 14.0. The number of methoxy groups -OCH3 is 2. The number of carbonyl (C=O) groups excluding carboxylic acids is 1. The van der Waals surface area contributed by atoms with Gasteiger partial charge < -0.3 is 36.1 Å². The van der Waals surface area contributed by atoms with Gasteiger partial charge >= 0.3 is 0 Å². The van der Waals surface area contributed by atoms with Gasteiger partial charge in [-0.25, -0.2) is 0 Å². The molecule has 4 atom stereocenters. The normalized spacial score (nSPS) is 15.4. The van der Waals surface area contributed by atoms with Crippen LogP contribution >= 0.6 is 0 Å². The first-order valence-corrected chi connectivity index (χ1v) is 14.0. The van der Waals surface area contributed by atoms with E-state index in [9.17, 15) is 9.90 Å². The number of amides is 1. The summed E-state index contributed by atoms with van der Waals surface area (Å²) in [6, 6.07) is 5.75. The van der Waals surface area contributed by atoms with Crippen molar-refractivity contribution in [1.29, 1.82) is 0 Å². The van der Waals surface area contributed by atoms with Gasteiger partial charge in [0.2, 0.25) is 5.91 Å². The number of hydrogen-bond donors (Lipinski definition) is 4. The molecule has 0 unspecified atom stereocenters. The number of aliphatic hydroxyl groups is 1.